The Kier molecular flexibility index (Phi) is 7.20. The lowest BCUT2D eigenvalue weighted by molar-refractivity contribution is -0.141. The maximum atomic E-state index is 11.7. The third-order valence-corrected chi connectivity index (χ3v) is 1.85. The van der Waals surface area contributed by atoms with Gasteiger partial charge in [-0.15, -0.1) is 0 Å². The van der Waals surface area contributed by atoms with Crippen LogP contribution in [0.15, 0.2) is 11.8 Å². The van der Waals surface area contributed by atoms with Crippen molar-refractivity contribution in [1.29, 1.82) is 0 Å². The SMILES string of the molecule is CCOC=C(C(=O)OCC)C(=O)C(C)OC. The Balaban J connectivity index is 4.80. The van der Waals surface area contributed by atoms with Gasteiger partial charge in [0.05, 0.1) is 13.2 Å². The second-order valence-corrected chi connectivity index (χ2v) is 2.95. The van der Waals surface area contributed by atoms with E-state index in [0.29, 0.717) is 6.61 Å². The first-order chi connectivity index (χ1) is 7.58. The molecule has 0 heterocycles. The van der Waals surface area contributed by atoms with Gasteiger partial charge in [-0.3, -0.25) is 4.79 Å². The quantitative estimate of drug-likeness (QED) is 0.215. The molecule has 0 aromatic carbocycles. The van der Waals surface area contributed by atoms with Crippen LogP contribution in [0.25, 0.3) is 0 Å². The molecule has 0 saturated carbocycles. The first kappa shape index (κ1) is 14.6. The van der Waals surface area contributed by atoms with Crippen LogP contribution >= 0.6 is 0 Å². The van der Waals surface area contributed by atoms with Crippen molar-refractivity contribution in [3.8, 4) is 0 Å². The van der Waals surface area contributed by atoms with Crippen molar-refractivity contribution in [2.24, 2.45) is 0 Å². The molecule has 16 heavy (non-hydrogen) atoms. The summed E-state index contributed by atoms with van der Waals surface area (Å²) in [5.74, 6) is -1.14. The highest BCUT2D eigenvalue weighted by atomic mass is 16.5. The Morgan fingerprint density at radius 1 is 1.25 bits per heavy atom. The van der Waals surface area contributed by atoms with Crippen molar-refractivity contribution < 1.29 is 23.8 Å². The fourth-order valence-corrected chi connectivity index (χ4v) is 0.908. The van der Waals surface area contributed by atoms with E-state index in [1.807, 2.05) is 0 Å². The molecule has 0 N–H and O–H groups in total. The summed E-state index contributed by atoms with van der Waals surface area (Å²) in [5, 5.41) is 0. The standard InChI is InChI=1S/C11H18O5/c1-5-15-7-9(11(13)16-6-2)10(12)8(3)14-4/h7-8H,5-6H2,1-4H3. The van der Waals surface area contributed by atoms with Crippen LogP contribution in [0.3, 0.4) is 0 Å². The molecule has 0 rings (SSSR count). The molecule has 0 spiro atoms. The average Bonchev–Trinajstić information content (AvgIpc) is 2.28. The second-order valence-electron chi connectivity index (χ2n) is 2.95. The first-order valence-corrected chi connectivity index (χ1v) is 5.14. The Hall–Kier alpha value is -1.36. The predicted octanol–water partition coefficient (Wildman–Crippen LogP) is 1.07. The molecule has 0 aromatic heterocycles. The van der Waals surface area contributed by atoms with Crippen LogP contribution in [0.4, 0.5) is 0 Å². The topological polar surface area (TPSA) is 61.8 Å². The van der Waals surface area contributed by atoms with Crippen LogP contribution in [0.2, 0.25) is 0 Å². The highest BCUT2D eigenvalue weighted by molar-refractivity contribution is 6.18. The van der Waals surface area contributed by atoms with E-state index in [1.54, 1.807) is 20.8 Å². The number of ketones is 1. The molecule has 1 unspecified atom stereocenters. The van der Waals surface area contributed by atoms with E-state index in [9.17, 15) is 9.59 Å². The van der Waals surface area contributed by atoms with Gasteiger partial charge in [-0.25, -0.2) is 4.79 Å². The van der Waals surface area contributed by atoms with Crippen LogP contribution in [0.5, 0.6) is 0 Å². The lowest BCUT2D eigenvalue weighted by Gasteiger charge is -2.10. The average molecular weight is 230 g/mol. The van der Waals surface area contributed by atoms with Crippen molar-refractivity contribution >= 4 is 11.8 Å². The summed E-state index contributed by atoms with van der Waals surface area (Å²) >= 11 is 0. The van der Waals surface area contributed by atoms with E-state index in [4.69, 9.17) is 14.2 Å². The van der Waals surface area contributed by atoms with Gasteiger partial charge in [0.15, 0.2) is 0 Å². The van der Waals surface area contributed by atoms with E-state index in [0.717, 1.165) is 6.26 Å². The molecular weight excluding hydrogens is 212 g/mol. The van der Waals surface area contributed by atoms with Gasteiger partial charge in [0, 0.05) is 7.11 Å². The molecule has 0 aliphatic rings. The number of esters is 1. The highest BCUT2D eigenvalue weighted by Crippen LogP contribution is 2.06. The Labute approximate surface area is 95.4 Å². The zero-order valence-electron chi connectivity index (χ0n) is 10.1. The van der Waals surface area contributed by atoms with Crippen molar-refractivity contribution in [2.45, 2.75) is 26.9 Å². The third kappa shape index (κ3) is 4.44. The van der Waals surface area contributed by atoms with Gasteiger partial charge < -0.3 is 14.2 Å². The molecule has 0 aromatic rings. The molecule has 0 bridgehead atoms. The number of ether oxygens (including phenoxy) is 3. The number of carbonyl (C=O) groups excluding carboxylic acids is 2. The van der Waals surface area contributed by atoms with Crippen LogP contribution in [-0.4, -0.2) is 38.2 Å². The maximum Gasteiger partial charge on any atom is 0.345 e. The monoisotopic (exact) mass is 230 g/mol. The third-order valence-electron chi connectivity index (χ3n) is 1.85. The molecule has 92 valence electrons. The van der Waals surface area contributed by atoms with Crippen LogP contribution in [0, 0.1) is 0 Å². The van der Waals surface area contributed by atoms with Gasteiger partial charge in [-0.1, -0.05) is 0 Å². The fourth-order valence-electron chi connectivity index (χ4n) is 0.908. The van der Waals surface area contributed by atoms with Crippen LogP contribution in [0.1, 0.15) is 20.8 Å². The molecular formula is C11H18O5. The van der Waals surface area contributed by atoms with E-state index < -0.39 is 17.9 Å². The number of hydrogen-bond acceptors (Lipinski definition) is 5. The largest absolute Gasteiger partial charge is 0.500 e. The summed E-state index contributed by atoms with van der Waals surface area (Å²) in [6, 6.07) is 0. The number of carbonyl (C=O) groups is 2. The summed E-state index contributed by atoms with van der Waals surface area (Å²) in [6.45, 7) is 5.56. The predicted molar refractivity (Wildman–Crippen MR) is 57.8 cm³/mol. The summed E-state index contributed by atoms with van der Waals surface area (Å²) in [6.07, 6.45) is 0.423. The number of Topliss-reactive ketones (excluding diaryl/α,β-unsaturated/α-hetero) is 1. The molecule has 5 heteroatoms. The van der Waals surface area contributed by atoms with Gasteiger partial charge in [-0.05, 0) is 20.8 Å². The van der Waals surface area contributed by atoms with Crippen LogP contribution in [-0.2, 0) is 23.8 Å². The Morgan fingerprint density at radius 3 is 2.31 bits per heavy atom. The summed E-state index contributed by atoms with van der Waals surface area (Å²) in [7, 11) is 1.39. The first-order valence-electron chi connectivity index (χ1n) is 5.14. The zero-order valence-corrected chi connectivity index (χ0v) is 10.1. The van der Waals surface area contributed by atoms with Gasteiger partial charge >= 0.3 is 5.97 Å². The minimum Gasteiger partial charge on any atom is -0.500 e. The highest BCUT2D eigenvalue weighted by Gasteiger charge is 2.25. The number of rotatable bonds is 7. The molecule has 1 atom stereocenters. The molecule has 0 aliphatic carbocycles. The summed E-state index contributed by atoms with van der Waals surface area (Å²) < 4.78 is 14.5. The minimum atomic E-state index is -0.698. The number of methoxy groups -OCH3 is 1. The summed E-state index contributed by atoms with van der Waals surface area (Å²) in [4.78, 5) is 23.2. The minimum absolute atomic E-state index is 0.127. The molecule has 0 saturated heterocycles. The Bertz CT molecular complexity index is 270. The lowest BCUT2D eigenvalue weighted by Crippen LogP contribution is -2.26. The van der Waals surface area contributed by atoms with Crippen molar-refractivity contribution in [3.05, 3.63) is 11.8 Å². The summed E-state index contributed by atoms with van der Waals surface area (Å²) in [5.41, 5.74) is -0.127. The molecule has 0 amide bonds. The van der Waals surface area contributed by atoms with E-state index in [1.165, 1.54) is 7.11 Å². The smallest absolute Gasteiger partial charge is 0.345 e. The van der Waals surface area contributed by atoms with Crippen molar-refractivity contribution in [2.75, 3.05) is 20.3 Å². The Morgan fingerprint density at radius 2 is 1.88 bits per heavy atom. The number of hydrogen-bond donors (Lipinski definition) is 0. The van der Waals surface area contributed by atoms with E-state index in [-0.39, 0.29) is 12.2 Å². The van der Waals surface area contributed by atoms with Gasteiger partial charge in [0.2, 0.25) is 5.78 Å². The molecule has 0 radical (unpaired) electrons. The molecule has 0 aliphatic heterocycles. The normalized spacial score (nSPS) is 13.1. The van der Waals surface area contributed by atoms with Crippen molar-refractivity contribution in [1.82, 2.24) is 0 Å². The van der Waals surface area contributed by atoms with Crippen LogP contribution < -0.4 is 0 Å². The second kappa shape index (κ2) is 7.87. The van der Waals surface area contributed by atoms with E-state index in [2.05, 4.69) is 0 Å². The fraction of sp³-hybridized carbons (Fsp3) is 0.636. The lowest BCUT2D eigenvalue weighted by atomic mass is 10.1. The van der Waals surface area contributed by atoms with Gasteiger partial charge in [0.1, 0.15) is 17.9 Å². The van der Waals surface area contributed by atoms with Gasteiger partial charge in [-0.2, -0.15) is 0 Å². The van der Waals surface area contributed by atoms with E-state index >= 15 is 0 Å². The van der Waals surface area contributed by atoms with Crippen molar-refractivity contribution in [3.63, 3.8) is 0 Å². The van der Waals surface area contributed by atoms with Gasteiger partial charge in [0.25, 0.3) is 0 Å². The zero-order chi connectivity index (χ0) is 12.6. The maximum absolute atomic E-state index is 11.7. The molecule has 0 fully saturated rings. The molecule has 5 nitrogen and oxygen atoms in total.